The number of nitrogens with one attached hydrogen (secondary N) is 1. The lowest BCUT2D eigenvalue weighted by molar-refractivity contribution is 0.317. The summed E-state index contributed by atoms with van der Waals surface area (Å²) in [6.07, 6.45) is 0.996. The Morgan fingerprint density at radius 1 is 1.05 bits per heavy atom. The van der Waals surface area contributed by atoms with E-state index in [2.05, 4.69) is 12.2 Å². The normalized spacial score (nSPS) is 10.5. The lowest BCUT2D eigenvalue weighted by Crippen LogP contribution is -2.13. The Morgan fingerprint density at radius 2 is 1.90 bits per heavy atom. The molecule has 0 heterocycles. The highest BCUT2D eigenvalue weighted by atomic mass is 19.1. The van der Waals surface area contributed by atoms with Crippen molar-refractivity contribution >= 4 is 0 Å². The van der Waals surface area contributed by atoms with Gasteiger partial charge in [0.05, 0.1) is 6.61 Å². The minimum atomic E-state index is -0.167. The van der Waals surface area contributed by atoms with E-state index in [1.54, 1.807) is 12.1 Å². The van der Waals surface area contributed by atoms with Crippen molar-refractivity contribution in [2.45, 2.75) is 26.4 Å². The van der Waals surface area contributed by atoms with Crippen molar-refractivity contribution in [2.24, 2.45) is 0 Å². The molecule has 0 unspecified atom stereocenters. The van der Waals surface area contributed by atoms with Gasteiger partial charge in [0.2, 0.25) is 0 Å². The predicted octanol–water partition coefficient (Wildman–Crippen LogP) is 3.90. The van der Waals surface area contributed by atoms with Crippen molar-refractivity contribution < 1.29 is 9.13 Å². The molecular weight excluding hydrogens is 253 g/mol. The molecule has 0 bridgehead atoms. The van der Waals surface area contributed by atoms with E-state index in [-0.39, 0.29) is 5.82 Å². The molecule has 20 heavy (non-hydrogen) atoms. The average Bonchev–Trinajstić information content (AvgIpc) is 2.48. The highest BCUT2D eigenvalue weighted by Gasteiger charge is 2.01. The fourth-order valence-corrected chi connectivity index (χ4v) is 1.95. The van der Waals surface area contributed by atoms with Gasteiger partial charge < -0.3 is 10.1 Å². The maximum absolute atomic E-state index is 13.5. The molecule has 0 aliphatic rings. The van der Waals surface area contributed by atoms with Crippen LogP contribution in [0.15, 0.2) is 48.5 Å². The molecule has 0 aliphatic carbocycles. The Balaban J connectivity index is 1.86. The first-order valence-corrected chi connectivity index (χ1v) is 6.95. The second-order valence-electron chi connectivity index (χ2n) is 4.69. The average molecular weight is 273 g/mol. The molecule has 2 aromatic rings. The topological polar surface area (TPSA) is 21.3 Å². The molecule has 0 fully saturated rings. The summed E-state index contributed by atoms with van der Waals surface area (Å²) in [6.45, 7) is 4.02. The van der Waals surface area contributed by atoms with Crippen LogP contribution < -0.4 is 10.1 Å². The largest absolute Gasteiger partial charge is 0.494 e. The minimum Gasteiger partial charge on any atom is -0.494 e. The Labute approximate surface area is 119 Å². The summed E-state index contributed by atoms with van der Waals surface area (Å²) in [7, 11) is 0. The highest BCUT2D eigenvalue weighted by Crippen LogP contribution is 2.14. The van der Waals surface area contributed by atoms with Crippen LogP contribution in [0.1, 0.15) is 24.5 Å². The molecule has 0 aromatic heterocycles. The Kier molecular flexibility index (Phi) is 5.56. The number of rotatable bonds is 7. The zero-order valence-corrected chi connectivity index (χ0v) is 11.7. The smallest absolute Gasteiger partial charge is 0.127 e. The van der Waals surface area contributed by atoms with E-state index < -0.39 is 0 Å². The van der Waals surface area contributed by atoms with Crippen molar-refractivity contribution in [1.29, 1.82) is 0 Å². The summed E-state index contributed by atoms with van der Waals surface area (Å²) in [5.41, 5.74) is 1.82. The third-order valence-corrected chi connectivity index (χ3v) is 2.97. The van der Waals surface area contributed by atoms with Crippen LogP contribution in [-0.4, -0.2) is 6.61 Å². The summed E-state index contributed by atoms with van der Waals surface area (Å²) < 4.78 is 19.1. The van der Waals surface area contributed by atoms with Gasteiger partial charge in [0.1, 0.15) is 11.6 Å². The fourth-order valence-electron chi connectivity index (χ4n) is 1.95. The van der Waals surface area contributed by atoms with Gasteiger partial charge in [0, 0.05) is 18.7 Å². The molecule has 0 aliphatic heterocycles. The van der Waals surface area contributed by atoms with Crippen molar-refractivity contribution in [3.05, 3.63) is 65.5 Å². The molecule has 0 amide bonds. The summed E-state index contributed by atoms with van der Waals surface area (Å²) in [6, 6.07) is 14.8. The van der Waals surface area contributed by atoms with Gasteiger partial charge in [-0.2, -0.15) is 0 Å². The lowest BCUT2D eigenvalue weighted by atomic mass is 10.2. The van der Waals surface area contributed by atoms with Gasteiger partial charge in [0.25, 0.3) is 0 Å². The highest BCUT2D eigenvalue weighted by molar-refractivity contribution is 5.28. The van der Waals surface area contributed by atoms with Crippen LogP contribution in [0.25, 0.3) is 0 Å². The van der Waals surface area contributed by atoms with Crippen LogP contribution in [0.3, 0.4) is 0 Å². The van der Waals surface area contributed by atoms with E-state index in [9.17, 15) is 4.39 Å². The number of halogens is 1. The molecule has 0 atom stereocenters. The third kappa shape index (κ3) is 4.35. The SMILES string of the molecule is CCCOc1cccc(CNCc2ccccc2F)c1. The van der Waals surface area contributed by atoms with E-state index in [1.807, 2.05) is 30.3 Å². The van der Waals surface area contributed by atoms with Crippen LogP contribution in [0, 0.1) is 5.82 Å². The number of benzene rings is 2. The van der Waals surface area contributed by atoms with Crippen molar-refractivity contribution in [2.75, 3.05) is 6.61 Å². The monoisotopic (exact) mass is 273 g/mol. The van der Waals surface area contributed by atoms with E-state index in [4.69, 9.17) is 4.74 Å². The Hall–Kier alpha value is -1.87. The molecule has 2 aromatic carbocycles. The molecule has 2 nitrogen and oxygen atoms in total. The zero-order valence-electron chi connectivity index (χ0n) is 11.7. The van der Waals surface area contributed by atoms with Gasteiger partial charge in [0.15, 0.2) is 0 Å². The van der Waals surface area contributed by atoms with E-state index in [0.29, 0.717) is 18.7 Å². The number of ether oxygens (including phenoxy) is 1. The van der Waals surface area contributed by atoms with E-state index in [0.717, 1.165) is 24.3 Å². The molecule has 3 heteroatoms. The zero-order chi connectivity index (χ0) is 14.2. The molecule has 0 radical (unpaired) electrons. The summed E-state index contributed by atoms with van der Waals surface area (Å²) >= 11 is 0. The van der Waals surface area contributed by atoms with Gasteiger partial charge >= 0.3 is 0 Å². The third-order valence-electron chi connectivity index (χ3n) is 2.97. The van der Waals surface area contributed by atoms with Crippen molar-refractivity contribution in [3.8, 4) is 5.75 Å². The van der Waals surface area contributed by atoms with Gasteiger partial charge in [-0.15, -0.1) is 0 Å². The van der Waals surface area contributed by atoms with E-state index in [1.165, 1.54) is 6.07 Å². The second kappa shape index (κ2) is 7.65. The van der Waals surface area contributed by atoms with Gasteiger partial charge in [-0.1, -0.05) is 37.3 Å². The molecule has 0 saturated heterocycles. The second-order valence-corrected chi connectivity index (χ2v) is 4.69. The van der Waals surface area contributed by atoms with Crippen LogP contribution in [-0.2, 0) is 13.1 Å². The fraction of sp³-hybridized carbons (Fsp3) is 0.294. The first-order chi connectivity index (χ1) is 9.79. The molecule has 0 saturated carbocycles. The standard InChI is InChI=1S/C17H20FNO/c1-2-10-20-16-8-5-6-14(11-16)12-19-13-15-7-3-4-9-17(15)18/h3-9,11,19H,2,10,12-13H2,1H3. The van der Waals surface area contributed by atoms with Crippen molar-refractivity contribution in [1.82, 2.24) is 5.32 Å². The first-order valence-electron chi connectivity index (χ1n) is 6.95. The number of hydrogen-bond donors (Lipinski definition) is 1. The van der Waals surface area contributed by atoms with Crippen LogP contribution in [0.2, 0.25) is 0 Å². The number of hydrogen-bond acceptors (Lipinski definition) is 2. The van der Waals surface area contributed by atoms with Gasteiger partial charge in [-0.25, -0.2) is 4.39 Å². The van der Waals surface area contributed by atoms with Crippen molar-refractivity contribution in [3.63, 3.8) is 0 Å². The molecular formula is C17H20FNO. The van der Waals surface area contributed by atoms with Gasteiger partial charge in [-0.05, 0) is 30.2 Å². The molecule has 0 spiro atoms. The van der Waals surface area contributed by atoms with Crippen LogP contribution in [0.4, 0.5) is 4.39 Å². The van der Waals surface area contributed by atoms with E-state index >= 15 is 0 Å². The first kappa shape index (κ1) is 14.5. The lowest BCUT2D eigenvalue weighted by Gasteiger charge is -2.08. The summed E-state index contributed by atoms with van der Waals surface area (Å²) in [5.74, 6) is 0.720. The van der Waals surface area contributed by atoms with Gasteiger partial charge in [-0.3, -0.25) is 0 Å². The maximum atomic E-state index is 13.5. The summed E-state index contributed by atoms with van der Waals surface area (Å²) in [4.78, 5) is 0. The Morgan fingerprint density at radius 3 is 2.70 bits per heavy atom. The maximum Gasteiger partial charge on any atom is 0.127 e. The molecule has 2 rings (SSSR count). The molecule has 1 N–H and O–H groups in total. The quantitative estimate of drug-likeness (QED) is 0.826. The van der Waals surface area contributed by atoms with Crippen LogP contribution in [0.5, 0.6) is 5.75 Å². The summed E-state index contributed by atoms with van der Waals surface area (Å²) in [5, 5.41) is 3.25. The Bertz CT molecular complexity index is 542. The minimum absolute atomic E-state index is 0.167. The molecule has 106 valence electrons. The predicted molar refractivity (Wildman–Crippen MR) is 79.2 cm³/mol. The van der Waals surface area contributed by atoms with Crippen LogP contribution >= 0.6 is 0 Å².